The van der Waals surface area contributed by atoms with Gasteiger partial charge in [-0.15, -0.1) is 0 Å². The lowest BCUT2D eigenvalue weighted by Crippen LogP contribution is -2.35. The first-order chi connectivity index (χ1) is 7.68. The average Bonchev–Trinajstić information content (AvgIpc) is 2.29. The number of halogens is 1. The van der Waals surface area contributed by atoms with Gasteiger partial charge >= 0.3 is 0 Å². The van der Waals surface area contributed by atoms with Crippen LogP contribution in [0.25, 0.3) is 0 Å². The molecule has 0 bridgehead atoms. The quantitative estimate of drug-likeness (QED) is 0.773. The standard InChI is InChI=1S/C13H16BrNO/c1-10-5-6-11(12(14)9-10)13(16)15-7-3-2-4-8-15/h5-6,9H,2-4,7-8H2,1H3. The van der Waals surface area contributed by atoms with Gasteiger partial charge < -0.3 is 4.90 Å². The summed E-state index contributed by atoms with van der Waals surface area (Å²) in [6.45, 7) is 3.83. The van der Waals surface area contributed by atoms with E-state index in [1.54, 1.807) is 0 Å². The van der Waals surface area contributed by atoms with Crippen LogP contribution in [0, 0.1) is 6.92 Å². The molecule has 0 spiro atoms. The molecule has 0 aromatic heterocycles. The molecule has 1 aliphatic heterocycles. The molecule has 1 heterocycles. The zero-order valence-electron chi connectivity index (χ0n) is 9.50. The smallest absolute Gasteiger partial charge is 0.254 e. The predicted octanol–water partition coefficient (Wildman–Crippen LogP) is 3.38. The number of aryl methyl sites for hydroxylation is 1. The Labute approximate surface area is 105 Å². The molecule has 0 aliphatic carbocycles. The van der Waals surface area contributed by atoms with Gasteiger partial charge in [-0.25, -0.2) is 0 Å². The second kappa shape index (κ2) is 5.00. The van der Waals surface area contributed by atoms with Gasteiger partial charge in [-0.05, 0) is 59.8 Å². The molecule has 1 aliphatic rings. The van der Waals surface area contributed by atoms with Gasteiger partial charge in [0.25, 0.3) is 5.91 Å². The Morgan fingerprint density at radius 2 is 1.94 bits per heavy atom. The number of hydrogen-bond donors (Lipinski definition) is 0. The summed E-state index contributed by atoms with van der Waals surface area (Å²) in [4.78, 5) is 14.2. The normalized spacial score (nSPS) is 16.2. The van der Waals surface area contributed by atoms with Gasteiger partial charge in [-0.3, -0.25) is 4.79 Å². The van der Waals surface area contributed by atoms with Crippen LogP contribution in [0.4, 0.5) is 0 Å². The Balaban J connectivity index is 2.19. The van der Waals surface area contributed by atoms with Crippen LogP contribution in [0.15, 0.2) is 22.7 Å². The van der Waals surface area contributed by atoms with Crippen LogP contribution in [0.5, 0.6) is 0 Å². The highest BCUT2D eigenvalue weighted by molar-refractivity contribution is 9.10. The summed E-state index contributed by atoms with van der Waals surface area (Å²) in [6.07, 6.45) is 3.52. The zero-order valence-corrected chi connectivity index (χ0v) is 11.1. The highest BCUT2D eigenvalue weighted by Gasteiger charge is 2.19. The first kappa shape index (κ1) is 11.6. The molecule has 16 heavy (non-hydrogen) atoms. The Morgan fingerprint density at radius 3 is 2.56 bits per heavy atom. The zero-order chi connectivity index (χ0) is 11.5. The molecule has 0 N–H and O–H groups in total. The highest BCUT2D eigenvalue weighted by Crippen LogP contribution is 2.21. The van der Waals surface area contributed by atoms with Crippen molar-refractivity contribution >= 4 is 21.8 Å². The van der Waals surface area contributed by atoms with E-state index in [0.717, 1.165) is 36.0 Å². The van der Waals surface area contributed by atoms with Gasteiger partial charge in [0.1, 0.15) is 0 Å². The summed E-state index contributed by atoms with van der Waals surface area (Å²) in [6, 6.07) is 5.90. The van der Waals surface area contributed by atoms with Crippen molar-refractivity contribution in [2.45, 2.75) is 26.2 Å². The first-order valence-corrected chi connectivity index (χ1v) is 6.53. The van der Waals surface area contributed by atoms with E-state index in [9.17, 15) is 4.79 Å². The molecule has 1 amide bonds. The van der Waals surface area contributed by atoms with E-state index < -0.39 is 0 Å². The highest BCUT2D eigenvalue weighted by atomic mass is 79.9. The maximum Gasteiger partial charge on any atom is 0.254 e. The van der Waals surface area contributed by atoms with Crippen molar-refractivity contribution < 1.29 is 4.79 Å². The molecule has 0 unspecified atom stereocenters. The van der Waals surface area contributed by atoms with E-state index in [1.165, 1.54) is 12.0 Å². The largest absolute Gasteiger partial charge is 0.339 e. The van der Waals surface area contributed by atoms with E-state index >= 15 is 0 Å². The molecule has 1 fully saturated rings. The molecular weight excluding hydrogens is 266 g/mol. The van der Waals surface area contributed by atoms with Gasteiger partial charge in [-0.1, -0.05) is 6.07 Å². The molecule has 1 aromatic carbocycles. The van der Waals surface area contributed by atoms with Crippen molar-refractivity contribution in [2.24, 2.45) is 0 Å². The number of amides is 1. The summed E-state index contributed by atoms with van der Waals surface area (Å²) < 4.78 is 0.906. The SMILES string of the molecule is Cc1ccc(C(=O)N2CCCCC2)c(Br)c1. The topological polar surface area (TPSA) is 20.3 Å². The van der Waals surface area contributed by atoms with E-state index in [4.69, 9.17) is 0 Å². The first-order valence-electron chi connectivity index (χ1n) is 5.74. The Kier molecular flexibility index (Phi) is 3.64. The molecule has 0 radical (unpaired) electrons. The fraction of sp³-hybridized carbons (Fsp3) is 0.462. The Bertz CT molecular complexity index is 397. The fourth-order valence-electron chi connectivity index (χ4n) is 2.06. The third kappa shape index (κ3) is 2.46. The number of carbonyl (C=O) groups excluding carboxylic acids is 1. The van der Waals surface area contributed by atoms with E-state index in [2.05, 4.69) is 15.9 Å². The number of piperidine rings is 1. The third-order valence-corrected chi connectivity index (χ3v) is 3.65. The van der Waals surface area contributed by atoms with Gasteiger partial charge in [0, 0.05) is 17.6 Å². The van der Waals surface area contributed by atoms with E-state index in [-0.39, 0.29) is 5.91 Å². The van der Waals surface area contributed by atoms with Crippen molar-refractivity contribution in [1.82, 2.24) is 4.90 Å². The van der Waals surface area contributed by atoms with Crippen LogP contribution in [-0.4, -0.2) is 23.9 Å². The van der Waals surface area contributed by atoms with Crippen LogP contribution in [0.3, 0.4) is 0 Å². The molecule has 0 atom stereocenters. The van der Waals surface area contributed by atoms with Gasteiger partial charge in [0.05, 0.1) is 5.56 Å². The Morgan fingerprint density at radius 1 is 1.25 bits per heavy atom. The van der Waals surface area contributed by atoms with Crippen molar-refractivity contribution in [3.8, 4) is 0 Å². The minimum absolute atomic E-state index is 0.159. The van der Waals surface area contributed by atoms with Crippen molar-refractivity contribution in [3.63, 3.8) is 0 Å². The number of nitrogens with zero attached hydrogens (tertiary/aromatic N) is 1. The molecule has 1 saturated heterocycles. The number of rotatable bonds is 1. The molecule has 0 saturated carbocycles. The fourth-order valence-corrected chi connectivity index (χ4v) is 2.72. The van der Waals surface area contributed by atoms with Gasteiger partial charge in [0.15, 0.2) is 0 Å². The maximum absolute atomic E-state index is 12.2. The van der Waals surface area contributed by atoms with Crippen LogP contribution in [-0.2, 0) is 0 Å². The lowest BCUT2D eigenvalue weighted by Gasteiger charge is -2.27. The molecule has 86 valence electrons. The lowest BCUT2D eigenvalue weighted by atomic mass is 10.1. The van der Waals surface area contributed by atoms with Crippen LogP contribution >= 0.6 is 15.9 Å². The number of carbonyl (C=O) groups is 1. The molecule has 1 aromatic rings. The molecule has 2 nitrogen and oxygen atoms in total. The van der Waals surface area contributed by atoms with E-state index in [0.29, 0.717) is 0 Å². The van der Waals surface area contributed by atoms with Crippen LogP contribution in [0.1, 0.15) is 35.2 Å². The predicted molar refractivity (Wildman–Crippen MR) is 68.6 cm³/mol. The van der Waals surface area contributed by atoms with Crippen molar-refractivity contribution in [1.29, 1.82) is 0 Å². The van der Waals surface area contributed by atoms with Crippen LogP contribution in [0.2, 0.25) is 0 Å². The van der Waals surface area contributed by atoms with Crippen molar-refractivity contribution in [3.05, 3.63) is 33.8 Å². The molecule has 2 rings (SSSR count). The van der Waals surface area contributed by atoms with Crippen LogP contribution < -0.4 is 0 Å². The summed E-state index contributed by atoms with van der Waals surface area (Å²) in [5, 5.41) is 0. The van der Waals surface area contributed by atoms with Gasteiger partial charge in [-0.2, -0.15) is 0 Å². The second-order valence-electron chi connectivity index (χ2n) is 4.34. The number of likely N-dealkylation sites (tertiary alicyclic amines) is 1. The van der Waals surface area contributed by atoms with Gasteiger partial charge in [0.2, 0.25) is 0 Å². The molecule has 3 heteroatoms. The monoisotopic (exact) mass is 281 g/mol. The average molecular weight is 282 g/mol. The number of hydrogen-bond acceptors (Lipinski definition) is 1. The second-order valence-corrected chi connectivity index (χ2v) is 5.19. The minimum atomic E-state index is 0.159. The summed E-state index contributed by atoms with van der Waals surface area (Å²) in [5.41, 5.74) is 1.95. The minimum Gasteiger partial charge on any atom is -0.339 e. The lowest BCUT2D eigenvalue weighted by molar-refractivity contribution is 0.0723. The third-order valence-electron chi connectivity index (χ3n) is 3.00. The maximum atomic E-state index is 12.2. The Hall–Kier alpha value is -0.830. The van der Waals surface area contributed by atoms with Crippen molar-refractivity contribution in [2.75, 3.05) is 13.1 Å². The summed E-state index contributed by atoms with van der Waals surface area (Å²) in [7, 11) is 0. The molecular formula is C13H16BrNO. The summed E-state index contributed by atoms with van der Waals surface area (Å²) >= 11 is 3.47. The van der Waals surface area contributed by atoms with E-state index in [1.807, 2.05) is 30.0 Å². The number of benzene rings is 1. The summed E-state index contributed by atoms with van der Waals surface area (Å²) in [5.74, 6) is 0.159.